The smallest absolute Gasteiger partial charge is 0.127 e. The van der Waals surface area contributed by atoms with Crippen LogP contribution in [0.1, 0.15) is 40.4 Å². The lowest BCUT2D eigenvalue weighted by Gasteiger charge is -2.27. The number of hydrogen-bond donors (Lipinski definition) is 1. The molecule has 0 bridgehead atoms. The molecule has 0 radical (unpaired) electrons. The minimum atomic E-state index is 0.188. The molecule has 2 aromatic carbocycles. The van der Waals surface area contributed by atoms with Gasteiger partial charge in [-0.3, -0.25) is 0 Å². The Hall–Kier alpha value is -2.66. The highest BCUT2D eigenvalue weighted by atomic mass is 16.5. The summed E-state index contributed by atoms with van der Waals surface area (Å²) in [7, 11) is 0. The number of nitrogens with zero attached hydrogens (tertiary/aromatic N) is 3. The lowest BCUT2D eigenvalue weighted by molar-refractivity contribution is 0.247. The molecule has 1 aromatic heterocycles. The number of fused-ring (bicyclic) bond motifs is 1. The van der Waals surface area contributed by atoms with Crippen LogP contribution in [0.15, 0.2) is 48.7 Å². The Bertz CT molecular complexity index is 888. The molecule has 134 valence electrons. The number of rotatable bonds is 5. The zero-order valence-corrected chi connectivity index (χ0v) is 15.3. The summed E-state index contributed by atoms with van der Waals surface area (Å²) in [6.45, 7) is 6.47. The Morgan fingerprint density at radius 1 is 1.15 bits per heavy atom. The topological polar surface area (TPSA) is 52.0 Å². The second kappa shape index (κ2) is 7.30. The highest BCUT2D eigenvalue weighted by molar-refractivity contribution is 5.46. The summed E-state index contributed by atoms with van der Waals surface area (Å²) in [5, 5.41) is 12.2. The molecule has 2 heterocycles. The molecule has 26 heavy (non-hydrogen) atoms. The van der Waals surface area contributed by atoms with Gasteiger partial charge in [0.05, 0.1) is 24.5 Å². The van der Waals surface area contributed by atoms with E-state index < -0.39 is 0 Å². The van der Waals surface area contributed by atoms with Crippen LogP contribution in [0.2, 0.25) is 0 Å². The van der Waals surface area contributed by atoms with Gasteiger partial charge in [-0.1, -0.05) is 53.2 Å². The van der Waals surface area contributed by atoms with Crippen molar-refractivity contribution < 1.29 is 4.74 Å². The van der Waals surface area contributed by atoms with Crippen molar-refractivity contribution in [3.63, 3.8) is 0 Å². The second-order valence-electron chi connectivity index (χ2n) is 6.93. The van der Waals surface area contributed by atoms with Crippen LogP contribution in [0, 0.1) is 13.8 Å². The van der Waals surface area contributed by atoms with Crippen LogP contribution in [-0.2, 0) is 13.1 Å². The predicted molar refractivity (Wildman–Crippen MR) is 101 cm³/mol. The molecular formula is C21H24N4O. The Morgan fingerprint density at radius 2 is 2.00 bits per heavy atom. The third-order valence-electron chi connectivity index (χ3n) is 4.80. The van der Waals surface area contributed by atoms with E-state index in [-0.39, 0.29) is 6.04 Å². The molecule has 0 fully saturated rings. The highest BCUT2D eigenvalue weighted by Gasteiger charge is 2.25. The van der Waals surface area contributed by atoms with E-state index in [1.165, 1.54) is 22.3 Å². The Kier molecular flexibility index (Phi) is 4.71. The van der Waals surface area contributed by atoms with Gasteiger partial charge in [0, 0.05) is 25.1 Å². The molecule has 0 saturated heterocycles. The van der Waals surface area contributed by atoms with Gasteiger partial charge in [0.2, 0.25) is 0 Å². The van der Waals surface area contributed by atoms with Gasteiger partial charge in [-0.05, 0) is 25.0 Å². The van der Waals surface area contributed by atoms with Crippen LogP contribution in [0.4, 0.5) is 0 Å². The Labute approximate surface area is 154 Å². The van der Waals surface area contributed by atoms with Crippen molar-refractivity contribution in [1.82, 2.24) is 20.3 Å². The predicted octanol–water partition coefficient (Wildman–Crippen LogP) is 3.56. The molecule has 0 amide bonds. The van der Waals surface area contributed by atoms with Crippen LogP contribution in [0.25, 0.3) is 0 Å². The zero-order valence-electron chi connectivity index (χ0n) is 15.3. The highest BCUT2D eigenvalue weighted by Crippen LogP contribution is 2.37. The molecule has 0 saturated carbocycles. The van der Waals surface area contributed by atoms with Crippen molar-refractivity contribution in [2.45, 2.75) is 39.4 Å². The first-order valence-corrected chi connectivity index (χ1v) is 9.10. The van der Waals surface area contributed by atoms with Gasteiger partial charge in [0.25, 0.3) is 0 Å². The van der Waals surface area contributed by atoms with Gasteiger partial charge in [-0.25, -0.2) is 4.68 Å². The van der Waals surface area contributed by atoms with Gasteiger partial charge >= 0.3 is 0 Å². The fourth-order valence-electron chi connectivity index (χ4n) is 3.61. The van der Waals surface area contributed by atoms with Gasteiger partial charge in [0.15, 0.2) is 0 Å². The maximum atomic E-state index is 5.91. The average Bonchev–Trinajstić information content (AvgIpc) is 3.11. The lowest BCUT2D eigenvalue weighted by Crippen LogP contribution is -2.21. The molecule has 1 atom stereocenters. The first-order valence-electron chi connectivity index (χ1n) is 9.10. The van der Waals surface area contributed by atoms with Crippen LogP contribution in [0.5, 0.6) is 5.75 Å². The number of aryl methyl sites for hydroxylation is 2. The van der Waals surface area contributed by atoms with E-state index >= 15 is 0 Å². The van der Waals surface area contributed by atoms with E-state index in [4.69, 9.17) is 4.74 Å². The Morgan fingerprint density at radius 3 is 2.85 bits per heavy atom. The quantitative estimate of drug-likeness (QED) is 0.766. The van der Waals surface area contributed by atoms with E-state index in [9.17, 15) is 0 Å². The molecule has 0 aliphatic carbocycles. The number of hydrogen-bond acceptors (Lipinski definition) is 4. The molecule has 0 spiro atoms. The van der Waals surface area contributed by atoms with Gasteiger partial charge < -0.3 is 10.1 Å². The molecule has 1 N–H and O–H groups in total. The van der Waals surface area contributed by atoms with E-state index in [0.717, 1.165) is 24.4 Å². The maximum absolute atomic E-state index is 5.91. The van der Waals surface area contributed by atoms with Gasteiger partial charge in [-0.2, -0.15) is 0 Å². The zero-order chi connectivity index (χ0) is 17.9. The maximum Gasteiger partial charge on any atom is 0.127 e. The summed E-state index contributed by atoms with van der Waals surface area (Å²) in [5.41, 5.74) is 5.88. The van der Waals surface area contributed by atoms with Crippen molar-refractivity contribution in [3.8, 4) is 5.75 Å². The first kappa shape index (κ1) is 16.8. The minimum Gasteiger partial charge on any atom is -0.493 e. The summed E-state index contributed by atoms with van der Waals surface area (Å²) in [6, 6.07) is 14.9. The molecule has 0 unspecified atom stereocenters. The van der Waals surface area contributed by atoms with Crippen LogP contribution < -0.4 is 10.1 Å². The molecule has 1 aliphatic heterocycles. The fourth-order valence-corrected chi connectivity index (χ4v) is 3.61. The van der Waals surface area contributed by atoms with Gasteiger partial charge in [0.1, 0.15) is 5.75 Å². The van der Waals surface area contributed by atoms with Gasteiger partial charge in [-0.15, -0.1) is 5.10 Å². The third-order valence-corrected chi connectivity index (χ3v) is 4.80. The summed E-state index contributed by atoms with van der Waals surface area (Å²) in [5.74, 6) is 1.01. The van der Waals surface area contributed by atoms with Crippen molar-refractivity contribution >= 4 is 0 Å². The monoisotopic (exact) mass is 348 g/mol. The normalized spacial score (nSPS) is 16.2. The van der Waals surface area contributed by atoms with Crippen molar-refractivity contribution in [3.05, 3.63) is 76.6 Å². The molecule has 3 aromatic rings. The molecule has 4 rings (SSSR count). The summed E-state index contributed by atoms with van der Waals surface area (Å²) in [6.07, 6.45) is 2.96. The molecule has 1 aliphatic rings. The van der Waals surface area contributed by atoms with E-state index in [2.05, 4.69) is 72.1 Å². The van der Waals surface area contributed by atoms with Crippen molar-refractivity contribution in [1.29, 1.82) is 0 Å². The molecule has 5 heteroatoms. The van der Waals surface area contributed by atoms with Crippen LogP contribution in [0.3, 0.4) is 0 Å². The van der Waals surface area contributed by atoms with E-state index in [1.54, 1.807) is 0 Å². The minimum absolute atomic E-state index is 0.188. The lowest BCUT2D eigenvalue weighted by atomic mass is 9.96. The average molecular weight is 348 g/mol. The first-order chi connectivity index (χ1) is 12.7. The van der Waals surface area contributed by atoms with Crippen LogP contribution in [-0.4, -0.2) is 21.6 Å². The largest absolute Gasteiger partial charge is 0.493 e. The summed E-state index contributed by atoms with van der Waals surface area (Å²) in [4.78, 5) is 0. The molecule has 5 nitrogen and oxygen atoms in total. The standard InChI is InChI=1S/C21H24N4O/c1-15-10-16(2)21-19(11-15)20(8-9-26-21)25-14-18(23-24-25)13-22-12-17-6-4-3-5-7-17/h3-7,10-11,14,20,22H,8-9,12-13H2,1-2H3/t20-/m0/s1. The van der Waals surface area contributed by atoms with Crippen LogP contribution >= 0.6 is 0 Å². The van der Waals surface area contributed by atoms with Crippen molar-refractivity contribution in [2.75, 3.05) is 6.61 Å². The SMILES string of the molecule is Cc1cc(C)c2c(c1)[C@@H](n1cc(CNCc3ccccc3)nn1)CCO2. The fraction of sp³-hybridized carbons (Fsp3) is 0.333. The molecular weight excluding hydrogens is 324 g/mol. The van der Waals surface area contributed by atoms with Crippen molar-refractivity contribution in [2.24, 2.45) is 0 Å². The second-order valence-corrected chi connectivity index (χ2v) is 6.93. The third kappa shape index (κ3) is 3.48. The summed E-state index contributed by atoms with van der Waals surface area (Å²) < 4.78 is 7.89. The number of ether oxygens (including phenoxy) is 1. The number of nitrogens with one attached hydrogen (secondary N) is 1. The van der Waals surface area contributed by atoms with E-state index in [1.807, 2.05) is 10.7 Å². The summed E-state index contributed by atoms with van der Waals surface area (Å²) >= 11 is 0. The van der Waals surface area contributed by atoms with E-state index in [0.29, 0.717) is 13.2 Å². The Balaban J connectivity index is 1.47. The number of benzene rings is 2. The number of aromatic nitrogens is 3.